The molecule has 0 radical (unpaired) electrons. The van der Waals surface area contributed by atoms with Crippen LogP contribution in [-0.2, 0) is 22.6 Å². The third kappa shape index (κ3) is 6.98. The molecule has 0 aromatic heterocycles. The van der Waals surface area contributed by atoms with Crippen molar-refractivity contribution in [2.24, 2.45) is 11.1 Å². The monoisotopic (exact) mass is 341 g/mol. The highest BCUT2D eigenvalue weighted by Gasteiger charge is 2.19. The van der Waals surface area contributed by atoms with Crippen LogP contribution >= 0.6 is 0 Å². The largest absolute Gasteiger partial charge is 0.489 e. The quantitative estimate of drug-likeness (QED) is 0.780. The van der Waals surface area contributed by atoms with E-state index in [4.69, 9.17) is 15.2 Å². The summed E-state index contributed by atoms with van der Waals surface area (Å²) in [4.78, 5) is 11.9. The number of benzene rings is 2. The molecule has 2 N–H and O–H groups in total. The van der Waals surface area contributed by atoms with Crippen LogP contribution < -0.4 is 10.5 Å². The molecular weight excluding hydrogens is 314 g/mol. The SMILES string of the molecule is CC(C)(C)COC(=O)C(N)Cc1ccc(OCc2ccccc2)cc1. The molecule has 0 aliphatic carbocycles. The molecule has 0 bridgehead atoms. The van der Waals surface area contributed by atoms with Gasteiger partial charge in [-0.05, 0) is 35.1 Å². The Morgan fingerprint density at radius 1 is 1.00 bits per heavy atom. The molecule has 0 spiro atoms. The Hall–Kier alpha value is -2.33. The summed E-state index contributed by atoms with van der Waals surface area (Å²) in [6.45, 7) is 6.94. The van der Waals surface area contributed by atoms with E-state index in [1.807, 2.05) is 75.4 Å². The number of esters is 1. The van der Waals surface area contributed by atoms with Crippen LogP contribution in [0.4, 0.5) is 0 Å². The lowest BCUT2D eigenvalue weighted by molar-refractivity contribution is -0.147. The van der Waals surface area contributed by atoms with E-state index in [1.54, 1.807) is 0 Å². The first-order chi connectivity index (χ1) is 11.8. The lowest BCUT2D eigenvalue weighted by atomic mass is 9.98. The Labute approximate surface area is 150 Å². The van der Waals surface area contributed by atoms with Crippen molar-refractivity contribution in [3.05, 3.63) is 65.7 Å². The van der Waals surface area contributed by atoms with Crippen LogP contribution in [0.2, 0.25) is 0 Å². The number of nitrogens with two attached hydrogens (primary N) is 1. The van der Waals surface area contributed by atoms with Gasteiger partial charge >= 0.3 is 5.97 Å². The average molecular weight is 341 g/mol. The van der Waals surface area contributed by atoms with E-state index in [1.165, 1.54) is 0 Å². The molecule has 4 heteroatoms. The van der Waals surface area contributed by atoms with E-state index in [-0.39, 0.29) is 11.4 Å². The number of carbonyl (C=O) groups excluding carboxylic acids is 1. The van der Waals surface area contributed by atoms with Crippen molar-refractivity contribution in [2.45, 2.75) is 39.8 Å². The van der Waals surface area contributed by atoms with Gasteiger partial charge in [-0.1, -0.05) is 63.2 Å². The van der Waals surface area contributed by atoms with Crippen molar-refractivity contribution in [3.63, 3.8) is 0 Å². The zero-order valence-corrected chi connectivity index (χ0v) is 15.2. The molecule has 25 heavy (non-hydrogen) atoms. The predicted octanol–water partition coefficient (Wildman–Crippen LogP) is 3.72. The second kappa shape index (κ2) is 8.67. The van der Waals surface area contributed by atoms with Crippen LogP contribution in [0.25, 0.3) is 0 Å². The molecule has 2 rings (SSSR count). The molecule has 0 fully saturated rings. The number of ether oxygens (including phenoxy) is 2. The maximum atomic E-state index is 11.9. The van der Waals surface area contributed by atoms with Gasteiger partial charge in [0, 0.05) is 0 Å². The molecule has 134 valence electrons. The van der Waals surface area contributed by atoms with Gasteiger partial charge in [0.15, 0.2) is 0 Å². The Bertz CT molecular complexity index is 660. The van der Waals surface area contributed by atoms with Crippen LogP contribution in [0, 0.1) is 5.41 Å². The smallest absolute Gasteiger partial charge is 0.323 e. The fourth-order valence-corrected chi connectivity index (χ4v) is 2.19. The molecule has 0 saturated heterocycles. The Balaban J connectivity index is 1.82. The minimum absolute atomic E-state index is 0.0624. The summed E-state index contributed by atoms with van der Waals surface area (Å²) < 4.78 is 11.0. The van der Waals surface area contributed by atoms with Gasteiger partial charge < -0.3 is 15.2 Å². The van der Waals surface area contributed by atoms with Gasteiger partial charge in [-0.25, -0.2) is 0 Å². The second-order valence-corrected chi connectivity index (χ2v) is 7.40. The number of hydrogen-bond donors (Lipinski definition) is 1. The summed E-state index contributed by atoms with van der Waals surface area (Å²) >= 11 is 0. The standard InChI is InChI=1S/C21H27NO3/c1-21(2,3)15-25-20(23)19(22)13-16-9-11-18(12-10-16)24-14-17-7-5-4-6-8-17/h4-12,19H,13-15,22H2,1-3H3. The van der Waals surface area contributed by atoms with Crippen molar-refractivity contribution >= 4 is 5.97 Å². The molecule has 2 aromatic carbocycles. The fourth-order valence-electron chi connectivity index (χ4n) is 2.19. The highest BCUT2D eigenvalue weighted by Crippen LogP contribution is 2.16. The van der Waals surface area contributed by atoms with E-state index >= 15 is 0 Å². The summed E-state index contributed by atoms with van der Waals surface area (Å²) in [6, 6.07) is 17.0. The van der Waals surface area contributed by atoms with Crippen molar-refractivity contribution in [2.75, 3.05) is 6.61 Å². The summed E-state index contributed by atoms with van der Waals surface area (Å²) in [6.07, 6.45) is 0.446. The van der Waals surface area contributed by atoms with Crippen LogP contribution in [0.5, 0.6) is 5.75 Å². The summed E-state index contributed by atoms with van der Waals surface area (Å²) in [5.74, 6) is 0.427. The minimum atomic E-state index is -0.654. The van der Waals surface area contributed by atoms with Crippen molar-refractivity contribution < 1.29 is 14.3 Å². The third-order valence-electron chi connectivity index (χ3n) is 3.58. The van der Waals surface area contributed by atoms with Crippen molar-refractivity contribution in [1.82, 2.24) is 0 Å². The lowest BCUT2D eigenvalue weighted by Crippen LogP contribution is -2.36. The molecule has 0 aliphatic rings. The first kappa shape index (κ1) is 19.0. The van der Waals surface area contributed by atoms with Gasteiger partial charge in [-0.2, -0.15) is 0 Å². The summed E-state index contributed by atoms with van der Waals surface area (Å²) in [7, 11) is 0. The van der Waals surface area contributed by atoms with Crippen LogP contribution in [0.3, 0.4) is 0 Å². The molecule has 1 unspecified atom stereocenters. The molecule has 1 atom stereocenters. The first-order valence-electron chi connectivity index (χ1n) is 8.51. The van der Waals surface area contributed by atoms with Crippen LogP contribution in [0.15, 0.2) is 54.6 Å². The van der Waals surface area contributed by atoms with E-state index in [0.717, 1.165) is 16.9 Å². The number of rotatable bonds is 7. The van der Waals surface area contributed by atoms with Gasteiger partial charge in [-0.15, -0.1) is 0 Å². The maximum absolute atomic E-state index is 11.9. The number of carbonyl (C=O) groups is 1. The number of hydrogen-bond acceptors (Lipinski definition) is 4. The van der Waals surface area contributed by atoms with Crippen LogP contribution in [-0.4, -0.2) is 18.6 Å². The molecular formula is C21H27NO3. The van der Waals surface area contributed by atoms with Crippen LogP contribution in [0.1, 0.15) is 31.9 Å². The topological polar surface area (TPSA) is 61.5 Å². The lowest BCUT2D eigenvalue weighted by Gasteiger charge is -2.19. The zero-order valence-electron chi connectivity index (χ0n) is 15.2. The zero-order chi connectivity index (χ0) is 18.3. The molecule has 0 heterocycles. The maximum Gasteiger partial charge on any atom is 0.323 e. The van der Waals surface area contributed by atoms with Gasteiger partial charge in [0.25, 0.3) is 0 Å². The van der Waals surface area contributed by atoms with E-state index < -0.39 is 6.04 Å². The summed E-state index contributed by atoms with van der Waals surface area (Å²) in [5, 5.41) is 0. The fraction of sp³-hybridized carbons (Fsp3) is 0.381. The van der Waals surface area contributed by atoms with E-state index in [2.05, 4.69) is 0 Å². The highest BCUT2D eigenvalue weighted by atomic mass is 16.5. The third-order valence-corrected chi connectivity index (χ3v) is 3.58. The van der Waals surface area contributed by atoms with Gasteiger partial charge in [-0.3, -0.25) is 4.79 Å². The van der Waals surface area contributed by atoms with E-state index in [9.17, 15) is 4.79 Å². The average Bonchev–Trinajstić information content (AvgIpc) is 2.59. The molecule has 4 nitrogen and oxygen atoms in total. The Morgan fingerprint density at radius 2 is 1.64 bits per heavy atom. The van der Waals surface area contributed by atoms with E-state index in [0.29, 0.717) is 19.6 Å². The van der Waals surface area contributed by atoms with Gasteiger partial charge in [0.2, 0.25) is 0 Å². The second-order valence-electron chi connectivity index (χ2n) is 7.40. The normalized spacial score (nSPS) is 12.5. The molecule has 2 aromatic rings. The minimum Gasteiger partial charge on any atom is -0.489 e. The molecule has 0 aliphatic heterocycles. The van der Waals surface area contributed by atoms with Crippen molar-refractivity contribution in [1.29, 1.82) is 0 Å². The summed E-state index contributed by atoms with van der Waals surface area (Å²) in [5.41, 5.74) is 7.98. The molecule has 0 saturated carbocycles. The predicted molar refractivity (Wildman–Crippen MR) is 99.3 cm³/mol. The Morgan fingerprint density at radius 3 is 2.24 bits per heavy atom. The highest BCUT2D eigenvalue weighted by molar-refractivity contribution is 5.75. The van der Waals surface area contributed by atoms with Gasteiger partial charge in [0.05, 0.1) is 6.61 Å². The Kier molecular flexibility index (Phi) is 6.59. The molecule has 0 amide bonds. The van der Waals surface area contributed by atoms with Crippen molar-refractivity contribution in [3.8, 4) is 5.75 Å². The first-order valence-corrected chi connectivity index (χ1v) is 8.51. The van der Waals surface area contributed by atoms with Gasteiger partial charge in [0.1, 0.15) is 18.4 Å².